The van der Waals surface area contributed by atoms with Crippen LogP contribution in [-0.4, -0.2) is 38.8 Å². The molecule has 1 fully saturated rings. The second-order valence-electron chi connectivity index (χ2n) is 6.20. The van der Waals surface area contributed by atoms with Gasteiger partial charge < -0.3 is 10.2 Å². The molecule has 0 bridgehead atoms. The van der Waals surface area contributed by atoms with Crippen LogP contribution >= 0.6 is 0 Å². The van der Waals surface area contributed by atoms with Gasteiger partial charge in [-0.25, -0.2) is 4.98 Å². The number of rotatable bonds is 6. The second kappa shape index (κ2) is 6.91. The van der Waals surface area contributed by atoms with Crippen LogP contribution in [0.15, 0.2) is 43.0 Å². The molecule has 1 saturated heterocycles. The van der Waals surface area contributed by atoms with Crippen LogP contribution < -0.4 is 10.2 Å². The first-order chi connectivity index (χ1) is 11.1. The maximum absolute atomic E-state index is 12.7. The first kappa shape index (κ1) is 15.7. The van der Waals surface area contributed by atoms with Gasteiger partial charge in [0.1, 0.15) is 12.7 Å². The number of amides is 1. The number of anilines is 1. The molecule has 6 heteroatoms. The van der Waals surface area contributed by atoms with Crippen LogP contribution in [0, 0.1) is 0 Å². The lowest BCUT2D eigenvalue weighted by atomic mass is 10.1. The van der Waals surface area contributed by atoms with Crippen LogP contribution in [0.1, 0.15) is 26.7 Å². The zero-order valence-electron chi connectivity index (χ0n) is 13.6. The van der Waals surface area contributed by atoms with Gasteiger partial charge in [0.2, 0.25) is 5.91 Å². The van der Waals surface area contributed by atoms with Crippen molar-refractivity contribution in [1.29, 1.82) is 0 Å². The molecule has 1 aromatic carbocycles. The van der Waals surface area contributed by atoms with Crippen molar-refractivity contribution < 1.29 is 4.79 Å². The molecule has 1 aliphatic rings. The first-order valence-corrected chi connectivity index (χ1v) is 8.11. The number of hydrogen-bond acceptors (Lipinski definition) is 4. The summed E-state index contributed by atoms with van der Waals surface area (Å²) >= 11 is 0. The van der Waals surface area contributed by atoms with E-state index in [4.69, 9.17) is 0 Å². The number of nitrogens with zero attached hydrogens (tertiary/aromatic N) is 4. The molecular weight excluding hydrogens is 290 g/mol. The summed E-state index contributed by atoms with van der Waals surface area (Å²) in [6.45, 7) is 5.01. The van der Waals surface area contributed by atoms with Crippen LogP contribution in [0.5, 0.6) is 0 Å². The van der Waals surface area contributed by atoms with Crippen molar-refractivity contribution in [3.63, 3.8) is 0 Å². The Morgan fingerprint density at radius 3 is 2.83 bits per heavy atom. The summed E-state index contributed by atoms with van der Waals surface area (Å²) in [7, 11) is 0. The number of hydrogen-bond donors (Lipinski definition) is 1. The molecule has 3 atom stereocenters. The molecule has 6 nitrogen and oxygen atoms in total. The van der Waals surface area contributed by atoms with E-state index in [0.29, 0.717) is 0 Å². The number of carbonyl (C=O) groups is 1. The Morgan fingerprint density at radius 2 is 2.13 bits per heavy atom. The van der Waals surface area contributed by atoms with Crippen molar-refractivity contribution in [2.75, 3.05) is 4.90 Å². The number of carbonyl (C=O) groups excluding carboxylic acids is 1. The van der Waals surface area contributed by atoms with Crippen molar-refractivity contribution in [3.8, 4) is 0 Å². The zero-order chi connectivity index (χ0) is 16.2. The quantitative estimate of drug-likeness (QED) is 0.884. The van der Waals surface area contributed by atoms with Crippen molar-refractivity contribution in [2.24, 2.45) is 0 Å². The van der Waals surface area contributed by atoms with Crippen LogP contribution in [0.4, 0.5) is 5.69 Å². The molecule has 0 aliphatic carbocycles. The van der Waals surface area contributed by atoms with Gasteiger partial charge >= 0.3 is 0 Å². The SMILES string of the molecule is C[C@H](CCn1cncn1)N[C@H]1C[C@@H](C)N(c2ccccc2)C1=O. The van der Waals surface area contributed by atoms with Crippen LogP contribution in [0.3, 0.4) is 0 Å². The fourth-order valence-corrected chi connectivity index (χ4v) is 3.14. The summed E-state index contributed by atoms with van der Waals surface area (Å²) in [6, 6.07) is 10.2. The highest BCUT2D eigenvalue weighted by Crippen LogP contribution is 2.26. The Labute approximate surface area is 136 Å². The summed E-state index contributed by atoms with van der Waals surface area (Å²) in [6.07, 6.45) is 5.00. The van der Waals surface area contributed by atoms with Gasteiger partial charge in [-0.1, -0.05) is 18.2 Å². The van der Waals surface area contributed by atoms with Gasteiger partial charge in [0, 0.05) is 24.3 Å². The number of para-hydroxylation sites is 1. The van der Waals surface area contributed by atoms with Gasteiger partial charge in [0.15, 0.2) is 0 Å². The van der Waals surface area contributed by atoms with Gasteiger partial charge in [0.05, 0.1) is 6.04 Å². The highest BCUT2D eigenvalue weighted by Gasteiger charge is 2.38. The van der Waals surface area contributed by atoms with E-state index >= 15 is 0 Å². The van der Waals surface area contributed by atoms with Crippen LogP contribution in [0.25, 0.3) is 0 Å². The molecular formula is C17H23N5O. The lowest BCUT2D eigenvalue weighted by Gasteiger charge is -2.22. The van der Waals surface area contributed by atoms with Crippen molar-refractivity contribution in [1.82, 2.24) is 20.1 Å². The second-order valence-corrected chi connectivity index (χ2v) is 6.20. The predicted octanol–water partition coefficient (Wildman–Crippen LogP) is 1.84. The maximum atomic E-state index is 12.7. The molecule has 1 amide bonds. The van der Waals surface area contributed by atoms with Crippen molar-refractivity contribution in [3.05, 3.63) is 43.0 Å². The van der Waals surface area contributed by atoms with E-state index in [0.717, 1.165) is 25.1 Å². The molecule has 2 aromatic rings. The Morgan fingerprint density at radius 1 is 1.35 bits per heavy atom. The first-order valence-electron chi connectivity index (χ1n) is 8.11. The van der Waals surface area contributed by atoms with E-state index in [9.17, 15) is 4.79 Å². The largest absolute Gasteiger partial charge is 0.308 e. The van der Waals surface area contributed by atoms with Gasteiger partial charge in [-0.05, 0) is 38.8 Å². The van der Waals surface area contributed by atoms with Crippen molar-refractivity contribution in [2.45, 2.75) is 51.4 Å². The van der Waals surface area contributed by atoms with Gasteiger partial charge in [0.25, 0.3) is 0 Å². The lowest BCUT2D eigenvalue weighted by molar-refractivity contribution is -0.119. The Kier molecular flexibility index (Phi) is 4.71. The minimum absolute atomic E-state index is 0.115. The van der Waals surface area contributed by atoms with E-state index in [1.807, 2.05) is 39.9 Å². The monoisotopic (exact) mass is 313 g/mol. The summed E-state index contributed by atoms with van der Waals surface area (Å²) in [4.78, 5) is 18.6. The molecule has 1 aliphatic heterocycles. The molecule has 23 heavy (non-hydrogen) atoms. The number of benzene rings is 1. The van der Waals surface area contributed by atoms with E-state index < -0.39 is 0 Å². The maximum Gasteiger partial charge on any atom is 0.244 e. The Bertz CT molecular complexity index is 628. The van der Waals surface area contributed by atoms with E-state index in [1.54, 1.807) is 6.33 Å². The molecule has 0 spiro atoms. The summed E-state index contributed by atoms with van der Waals surface area (Å²) in [5.74, 6) is 0.163. The van der Waals surface area contributed by atoms with Gasteiger partial charge in [-0.3, -0.25) is 9.48 Å². The normalized spacial score (nSPS) is 22.5. The van der Waals surface area contributed by atoms with Crippen LogP contribution in [0.2, 0.25) is 0 Å². The van der Waals surface area contributed by atoms with E-state index in [2.05, 4.69) is 29.2 Å². The molecule has 0 radical (unpaired) electrons. The fourth-order valence-electron chi connectivity index (χ4n) is 3.14. The van der Waals surface area contributed by atoms with E-state index in [1.165, 1.54) is 6.33 Å². The summed E-state index contributed by atoms with van der Waals surface area (Å²) < 4.78 is 1.81. The fraction of sp³-hybridized carbons (Fsp3) is 0.471. The minimum atomic E-state index is -0.115. The average Bonchev–Trinajstić information content (AvgIpc) is 3.15. The predicted molar refractivity (Wildman–Crippen MR) is 89.0 cm³/mol. The molecule has 1 N–H and O–H groups in total. The standard InChI is InChI=1S/C17H23N5O/c1-13(8-9-21-12-18-11-19-21)20-16-10-14(2)22(17(16)23)15-6-4-3-5-7-15/h3-7,11-14,16,20H,8-10H2,1-2H3/t13-,14-,16+/m1/s1. The highest BCUT2D eigenvalue weighted by molar-refractivity contribution is 6.00. The minimum Gasteiger partial charge on any atom is -0.308 e. The topological polar surface area (TPSA) is 63.1 Å². The van der Waals surface area contributed by atoms with Crippen LogP contribution in [-0.2, 0) is 11.3 Å². The Hall–Kier alpha value is -2.21. The highest BCUT2D eigenvalue weighted by atomic mass is 16.2. The molecule has 3 rings (SSSR count). The average molecular weight is 313 g/mol. The summed E-state index contributed by atoms with van der Waals surface area (Å²) in [5, 5.41) is 7.57. The smallest absolute Gasteiger partial charge is 0.244 e. The van der Waals surface area contributed by atoms with Crippen molar-refractivity contribution >= 4 is 11.6 Å². The third kappa shape index (κ3) is 3.59. The number of nitrogens with one attached hydrogen (secondary N) is 1. The third-order valence-corrected chi connectivity index (χ3v) is 4.33. The van der Waals surface area contributed by atoms with E-state index in [-0.39, 0.29) is 24.0 Å². The number of aromatic nitrogens is 3. The lowest BCUT2D eigenvalue weighted by Crippen LogP contribution is -2.43. The number of aryl methyl sites for hydroxylation is 1. The molecule has 122 valence electrons. The molecule has 1 aromatic heterocycles. The van der Waals surface area contributed by atoms with Gasteiger partial charge in [-0.15, -0.1) is 0 Å². The van der Waals surface area contributed by atoms with Gasteiger partial charge in [-0.2, -0.15) is 5.10 Å². The third-order valence-electron chi connectivity index (χ3n) is 4.33. The molecule has 2 heterocycles. The summed E-state index contributed by atoms with van der Waals surface area (Å²) in [5.41, 5.74) is 0.976. The zero-order valence-corrected chi connectivity index (χ0v) is 13.6. The molecule has 0 unspecified atom stereocenters. The Balaban J connectivity index is 1.57. The molecule has 0 saturated carbocycles.